The summed E-state index contributed by atoms with van der Waals surface area (Å²) in [5.74, 6) is 0.753. The van der Waals surface area contributed by atoms with E-state index in [4.69, 9.17) is 4.74 Å². The van der Waals surface area contributed by atoms with Crippen molar-refractivity contribution in [3.63, 3.8) is 0 Å². The van der Waals surface area contributed by atoms with Crippen LogP contribution in [0.3, 0.4) is 0 Å². The Balaban J connectivity index is 1.74. The molecule has 0 aliphatic carbocycles. The molecule has 23 heavy (non-hydrogen) atoms. The second-order valence-corrected chi connectivity index (χ2v) is 5.61. The number of hydrogen-bond donors (Lipinski definition) is 1. The predicted molar refractivity (Wildman–Crippen MR) is 84.4 cm³/mol. The Morgan fingerprint density at radius 1 is 1.39 bits per heavy atom. The van der Waals surface area contributed by atoms with Gasteiger partial charge in [0.2, 0.25) is 0 Å². The fraction of sp³-hybridized carbons (Fsp3) is 0.214. The monoisotopic (exact) mass is 330 g/mol. The minimum Gasteiger partial charge on any atom is -0.485 e. The lowest BCUT2D eigenvalue weighted by molar-refractivity contribution is 0.102. The first-order chi connectivity index (χ1) is 11.1. The molecule has 0 radical (unpaired) electrons. The van der Waals surface area contributed by atoms with E-state index in [1.807, 2.05) is 12.3 Å². The van der Waals surface area contributed by atoms with Gasteiger partial charge >= 0.3 is 0 Å². The van der Waals surface area contributed by atoms with Crippen LogP contribution in [0.2, 0.25) is 0 Å². The van der Waals surface area contributed by atoms with Crippen molar-refractivity contribution < 1.29 is 9.53 Å². The van der Waals surface area contributed by atoms with Crippen molar-refractivity contribution in [1.29, 1.82) is 0 Å². The summed E-state index contributed by atoms with van der Waals surface area (Å²) in [5.41, 5.74) is 1.29. The van der Waals surface area contributed by atoms with Crippen LogP contribution >= 0.6 is 11.3 Å². The number of thiazole rings is 1. The number of amides is 1. The van der Waals surface area contributed by atoms with Crippen molar-refractivity contribution in [1.82, 2.24) is 25.2 Å². The molecule has 9 heteroatoms. The molecule has 118 valence electrons. The maximum atomic E-state index is 12.4. The van der Waals surface area contributed by atoms with E-state index in [9.17, 15) is 4.79 Å². The third-order valence-electron chi connectivity index (χ3n) is 3.04. The van der Waals surface area contributed by atoms with Gasteiger partial charge in [-0.25, -0.2) is 9.67 Å². The summed E-state index contributed by atoms with van der Waals surface area (Å²) in [7, 11) is 1.72. The highest BCUT2D eigenvalue weighted by molar-refractivity contribution is 7.13. The summed E-state index contributed by atoms with van der Waals surface area (Å²) in [5, 5.41) is 16.3. The van der Waals surface area contributed by atoms with Crippen molar-refractivity contribution in [3.05, 3.63) is 46.7 Å². The first-order valence-electron chi connectivity index (χ1n) is 6.80. The maximum Gasteiger partial charge on any atom is 0.261 e. The second kappa shape index (κ2) is 6.53. The third-order valence-corrected chi connectivity index (χ3v) is 3.91. The van der Waals surface area contributed by atoms with Gasteiger partial charge in [0.25, 0.3) is 5.91 Å². The third kappa shape index (κ3) is 3.51. The molecule has 2 heterocycles. The van der Waals surface area contributed by atoms with Gasteiger partial charge < -0.3 is 4.74 Å². The number of tetrazole rings is 1. The summed E-state index contributed by atoms with van der Waals surface area (Å²) in [6.45, 7) is 2.04. The van der Waals surface area contributed by atoms with E-state index in [2.05, 4.69) is 25.8 Å². The molecule has 0 spiro atoms. The van der Waals surface area contributed by atoms with E-state index < -0.39 is 0 Å². The quantitative estimate of drug-likeness (QED) is 0.766. The van der Waals surface area contributed by atoms with Crippen LogP contribution in [0, 0.1) is 6.92 Å². The highest BCUT2D eigenvalue weighted by Gasteiger charge is 2.14. The van der Waals surface area contributed by atoms with Gasteiger partial charge in [0.05, 0.1) is 11.3 Å². The average Bonchev–Trinajstić information content (AvgIpc) is 3.14. The number of nitrogens with zero attached hydrogens (tertiary/aromatic N) is 5. The number of carbonyl (C=O) groups is 1. The van der Waals surface area contributed by atoms with E-state index in [0.29, 0.717) is 22.3 Å². The molecule has 0 unspecified atom stereocenters. The Morgan fingerprint density at radius 2 is 2.22 bits per heavy atom. The molecule has 2 aromatic heterocycles. The molecule has 1 N–H and O–H groups in total. The number of aromatic nitrogens is 5. The number of anilines is 1. The molecule has 0 atom stereocenters. The van der Waals surface area contributed by atoms with Crippen molar-refractivity contribution >= 4 is 22.4 Å². The lowest BCUT2D eigenvalue weighted by Gasteiger charge is -2.10. The molecule has 0 saturated heterocycles. The summed E-state index contributed by atoms with van der Waals surface area (Å²) < 4.78 is 7.20. The number of ether oxygens (including phenoxy) is 1. The smallest absolute Gasteiger partial charge is 0.261 e. The molecule has 1 aromatic carbocycles. The first kappa shape index (κ1) is 15.1. The number of aryl methyl sites for hydroxylation is 2. The van der Waals surface area contributed by atoms with Crippen LogP contribution in [-0.2, 0) is 13.7 Å². The van der Waals surface area contributed by atoms with Crippen LogP contribution < -0.4 is 10.1 Å². The summed E-state index contributed by atoms with van der Waals surface area (Å²) in [4.78, 5) is 16.6. The Labute approximate surface area is 136 Å². The van der Waals surface area contributed by atoms with Crippen LogP contribution in [0.4, 0.5) is 5.13 Å². The van der Waals surface area contributed by atoms with Crippen molar-refractivity contribution in [2.24, 2.45) is 7.05 Å². The van der Waals surface area contributed by atoms with Gasteiger partial charge in [0.15, 0.2) is 11.0 Å². The summed E-state index contributed by atoms with van der Waals surface area (Å²) in [6, 6.07) is 7.00. The number of para-hydroxylation sites is 1. The summed E-state index contributed by atoms with van der Waals surface area (Å²) in [6.07, 6.45) is 0. The number of carbonyl (C=O) groups excluding carboxylic acids is 1. The zero-order chi connectivity index (χ0) is 16.2. The molecule has 0 aliphatic heterocycles. The molecule has 3 rings (SSSR count). The Hall–Kier alpha value is -2.81. The Kier molecular flexibility index (Phi) is 4.29. The Morgan fingerprint density at radius 3 is 2.91 bits per heavy atom. The number of hydrogen-bond acceptors (Lipinski definition) is 7. The van der Waals surface area contributed by atoms with Crippen LogP contribution in [0.25, 0.3) is 0 Å². The zero-order valence-corrected chi connectivity index (χ0v) is 13.4. The number of benzene rings is 1. The molecule has 1 amide bonds. The minimum atomic E-state index is -0.272. The lowest BCUT2D eigenvalue weighted by atomic mass is 10.2. The van der Waals surface area contributed by atoms with Crippen molar-refractivity contribution in [2.45, 2.75) is 13.5 Å². The molecular formula is C14H14N6O2S. The van der Waals surface area contributed by atoms with E-state index >= 15 is 0 Å². The SMILES string of the molecule is Cc1csc(NC(=O)c2ccccc2OCc2nnnn2C)n1. The largest absolute Gasteiger partial charge is 0.485 e. The van der Waals surface area contributed by atoms with Crippen molar-refractivity contribution in [2.75, 3.05) is 5.32 Å². The van der Waals surface area contributed by atoms with Gasteiger partial charge in [-0.05, 0) is 29.5 Å². The Bertz CT molecular complexity index is 828. The van der Waals surface area contributed by atoms with Crippen LogP contribution in [-0.4, -0.2) is 31.1 Å². The summed E-state index contributed by atoms with van der Waals surface area (Å²) >= 11 is 1.38. The van der Waals surface area contributed by atoms with Gasteiger partial charge in [-0.2, -0.15) is 0 Å². The maximum absolute atomic E-state index is 12.4. The second-order valence-electron chi connectivity index (χ2n) is 4.75. The fourth-order valence-electron chi connectivity index (χ4n) is 1.87. The molecule has 0 aliphatic rings. The van der Waals surface area contributed by atoms with Gasteiger partial charge in [-0.1, -0.05) is 12.1 Å². The molecule has 0 saturated carbocycles. The van der Waals surface area contributed by atoms with E-state index in [0.717, 1.165) is 5.69 Å². The molecular weight excluding hydrogens is 316 g/mol. The average molecular weight is 330 g/mol. The fourth-order valence-corrected chi connectivity index (χ4v) is 2.55. The number of nitrogens with one attached hydrogen (secondary N) is 1. The number of rotatable bonds is 5. The molecule has 0 bridgehead atoms. The van der Waals surface area contributed by atoms with Crippen molar-refractivity contribution in [3.8, 4) is 5.75 Å². The van der Waals surface area contributed by atoms with Gasteiger partial charge in [0, 0.05) is 12.4 Å². The molecule has 3 aromatic rings. The predicted octanol–water partition coefficient (Wildman–Crippen LogP) is 1.81. The van der Waals surface area contributed by atoms with E-state index in [1.165, 1.54) is 16.0 Å². The zero-order valence-electron chi connectivity index (χ0n) is 12.6. The molecule has 8 nitrogen and oxygen atoms in total. The van der Waals surface area contributed by atoms with Crippen LogP contribution in [0.5, 0.6) is 5.75 Å². The van der Waals surface area contributed by atoms with Gasteiger partial charge in [-0.15, -0.1) is 16.4 Å². The van der Waals surface area contributed by atoms with Crippen LogP contribution in [0.1, 0.15) is 21.9 Å². The lowest BCUT2D eigenvalue weighted by Crippen LogP contribution is -2.14. The topological polar surface area (TPSA) is 94.8 Å². The van der Waals surface area contributed by atoms with E-state index in [-0.39, 0.29) is 12.5 Å². The standard InChI is InChI=1S/C14H14N6O2S/c1-9-8-23-14(15-9)16-13(21)10-5-3-4-6-11(10)22-7-12-17-18-19-20(12)2/h3-6,8H,7H2,1-2H3,(H,15,16,21). The highest BCUT2D eigenvalue weighted by atomic mass is 32.1. The van der Waals surface area contributed by atoms with Gasteiger partial charge in [-0.3, -0.25) is 10.1 Å². The normalized spacial score (nSPS) is 10.5. The first-order valence-corrected chi connectivity index (χ1v) is 7.68. The van der Waals surface area contributed by atoms with Gasteiger partial charge in [0.1, 0.15) is 12.4 Å². The molecule has 0 fully saturated rings. The van der Waals surface area contributed by atoms with E-state index in [1.54, 1.807) is 31.3 Å². The van der Waals surface area contributed by atoms with Crippen LogP contribution in [0.15, 0.2) is 29.6 Å². The minimum absolute atomic E-state index is 0.171. The highest BCUT2D eigenvalue weighted by Crippen LogP contribution is 2.22.